The summed E-state index contributed by atoms with van der Waals surface area (Å²) in [6.45, 7) is 8.06. The summed E-state index contributed by atoms with van der Waals surface area (Å²) in [5, 5.41) is 14.9. The summed E-state index contributed by atoms with van der Waals surface area (Å²) in [6.07, 6.45) is 2.36. The predicted octanol–water partition coefficient (Wildman–Crippen LogP) is 1.69. The van der Waals surface area contributed by atoms with Gasteiger partial charge in [-0.2, -0.15) is 0 Å². The molecule has 3 amide bonds. The van der Waals surface area contributed by atoms with Crippen molar-refractivity contribution in [3.63, 3.8) is 0 Å². The number of hydrogen-bond acceptors (Lipinski definition) is 5. The Labute approximate surface area is 207 Å². The van der Waals surface area contributed by atoms with Crippen molar-refractivity contribution in [1.82, 2.24) is 15.5 Å². The van der Waals surface area contributed by atoms with Gasteiger partial charge in [-0.05, 0) is 36.7 Å². The molecule has 5 atom stereocenters. The van der Waals surface area contributed by atoms with Crippen molar-refractivity contribution >= 4 is 23.7 Å². The van der Waals surface area contributed by atoms with Gasteiger partial charge in [0.1, 0.15) is 18.1 Å². The zero-order valence-electron chi connectivity index (χ0n) is 21.2. The van der Waals surface area contributed by atoms with Crippen LogP contribution in [0.5, 0.6) is 0 Å². The predicted molar refractivity (Wildman–Crippen MR) is 133 cm³/mol. The highest BCUT2D eigenvalue weighted by Crippen LogP contribution is 2.21. The minimum absolute atomic E-state index is 0.0164. The van der Waals surface area contributed by atoms with Gasteiger partial charge in [-0.25, -0.2) is 4.79 Å². The van der Waals surface area contributed by atoms with E-state index in [9.17, 15) is 24.3 Å². The summed E-state index contributed by atoms with van der Waals surface area (Å²) in [5.41, 5.74) is 6.97. The summed E-state index contributed by atoms with van der Waals surface area (Å²) >= 11 is 0. The molecule has 0 spiro atoms. The van der Waals surface area contributed by atoms with Crippen LogP contribution in [0.3, 0.4) is 0 Å². The fraction of sp³-hybridized carbons (Fsp3) is 0.615. The molecule has 5 N–H and O–H groups in total. The lowest BCUT2D eigenvalue weighted by Crippen LogP contribution is -2.57. The van der Waals surface area contributed by atoms with Crippen LogP contribution in [0.1, 0.15) is 58.9 Å². The number of benzene rings is 1. The normalized spacial score (nSPS) is 19.0. The number of aliphatic carboxylic acids is 1. The lowest BCUT2D eigenvalue weighted by atomic mass is 9.98. The Balaban J connectivity index is 2.20. The molecule has 0 aliphatic carbocycles. The van der Waals surface area contributed by atoms with E-state index < -0.39 is 42.0 Å². The Hall–Kier alpha value is -2.94. The molecule has 1 heterocycles. The Morgan fingerprint density at radius 2 is 1.74 bits per heavy atom. The zero-order chi connectivity index (χ0) is 26.1. The number of hydrogen-bond donors (Lipinski definition) is 4. The molecule has 1 aliphatic rings. The fourth-order valence-electron chi connectivity index (χ4n) is 4.28. The van der Waals surface area contributed by atoms with Crippen LogP contribution < -0.4 is 16.4 Å². The van der Waals surface area contributed by atoms with Gasteiger partial charge in [-0.15, -0.1) is 0 Å². The molecule has 35 heavy (non-hydrogen) atoms. The number of rotatable bonds is 12. The first-order valence-corrected chi connectivity index (χ1v) is 12.5. The molecule has 9 nitrogen and oxygen atoms in total. The van der Waals surface area contributed by atoms with Crippen molar-refractivity contribution in [2.45, 2.75) is 84.0 Å². The molecule has 2 rings (SSSR count). The number of carbonyl (C=O) groups is 4. The molecule has 0 aromatic heterocycles. The minimum Gasteiger partial charge on any atom is -0.480 e. The third-order valence-electron chi connectivity index (χ3n) is 6.62. The van der Waals surface area contributed by atoms with E-state index in [0.29, 0.717) is 19.4 Å². The van der Waals surface area contributed by atoms with Crippen LogP contribution in [0.25, 0.3) is 0 Å². The highest BCUT2D eigenvalue weighted by atomic mass is 16.4. The van der Waals surface area contributed by atoms with E-state index >= 15 is 0 Å². The first kappa shape index (κ1) is 28.3. The lowest BCUT2D eigenvalue weighted by molar-refractivity contribution is -0.143. The van der Waals surface area contributed by atoms with Gasteiger partial charge in [0.2, 0.25) is 17.7 Å². The van der Waals surface area contributed by atoms with Gasteiger partial charge in [-0.3, -0.25) is 14.4 Å². The molecular formula is C26H40N4O5. The van der Waals surface area contributed by atoms with Gasteiger partial charge < -0.3 is 26.4 Å². The topological polar surface area (TPSA) is 142 Å². The number of carbonyl (C=O) groups excluding carboxylic acids is 3. The van der Waals surface area contributed by atoms with Crippen LogP contribution in [0.2, 0.25) is 0 Å². The van der Waals surface area contributed by atoms with Gasteiger partial charge in [0.15, 0.2) is 0 Å². The minimum atomic E-state index is -1.12. The summed E-state index contributed by atoms with van der Waals surface area (Å²) in [5.74, 6) is -2.34. The molecule has 1 saturated heterocycles. The van der Waals surface area contributed by atoms with Gasteiger partial charge in [0.05, 0.1) is 6.04 Å². The SMILES string of the molecule is CCC(C)C(N)C(=O)N1CCCC1C(=O)NC(Cc1ccccc1)C(=O)NC(CC(C)C)C(=O)O. The quantitative estimate of drug-likeness (QED) is 0.353. The van der Waals surface area contributed by atoms with E-state index in [1.807, 2.05) is 58.0 Å². The van der Waals surface area contributed by atoms with Gasteiger partial charge in [-0.1, -0.05) is 64.4 Å². The van der Waals surface area contributed by atoms with Crippen molar-refractivity contribution in [3.05, 3.63) is 35.9 Å². The molecule has 1 fully saturated rings. The van der Waals surface area contributed by atoms with Gasteiger partial charge in [0, 0.05) is 13.0 Å². The van der Waals surface area contributed by atoms with Crippen molar-refractivity contribution in [1.29, 1.82) is 0 Å². The number of likely N-dealkylation sites (tertiary alicyclic amines) is 1. The molecule has 9 heteroatoms. The molecule has 0 saturated carbocycles. The smallest absolute Gasteiger partial charge is 0.326 e. The third-order valence-corrected chi connectivity index (χ3v) is 6.62. The Morgan fingerprint density at radius 3 is 2.31 bits per heavy atom. The molecule has 0 radical (unpaired) electrons. The third kappa shape index (κ3) is 8.06. The van der Waals surface area contributed by atoms with Crippen molar-refractivity contribution in [2.24, 2.45) is 17.6 Å². The average Bonchev–Trinajstić information content (AvgIpc) is 3.32. The Bertz CT molecular complexity index is 876. The monoisotopic (exact) mass is 488 g/mol. The maximum atomic E-state index is 13.3. The maximum absolute atomic E-state index is 13.3. The van der Waals surface area contributed by atoms with Crippen LogP contribution >= 0.6 is 0 Å². The number of nitrogens with two attached hydrogens (primary N) is 1. The summed E-state index contributed by atoms with van der Waals surface area (Å²) in [6, 6.07) is 5.74. The molecule has 5 unspecified atom stereocenters. The summed E-state index contributed by atoms with van der Waals surface area (Å²) in [7, 11) is 0. The lowest BCUT2D eigenvalue weighted by Gasteiger charge is -2.30. The Morgan fingerprint density at radius 1 is 1.09 bits per heavy atom. The van der Waals surface area contributed by atoms with Crippen LogP contribution in [0.4, 0.5) is 0 Å². The van der Waals surface area contributed by atoms with Crippen molar-refractivity contribution in [3.8, 4) is 0 Å². The first-order chi connectivity index (χ1) is 16.5. The van der Waals surface area contributed by atoms with Crippen molar-refractivity contribution in [2.75, 3.05) is 6.54 Å². The van der Waals surface area contributed by atoms with Crippen LogP contribution in [-0.4, -0.2) is 64.4 Å². The number of nitrogens with one attached hydrogen (secondary N) is 2. The van der Waals surface area contributed by atoms with E-state index in [1.54, 1.807) is 0 Å². The molecule has 194 valence electrons. The second-order valence-electron chi connectivity index (χ2n) is 9.88. The maximum Gasteiger partial charge on any atom is 0.326 e. The second-order valence-corrected chi connectivity index (χ2v) is 9.88. The molecule has 0 bridgehead atoms. The van der Waals surface area contributed by atoms with E-state index in [1.165, 1.54) is 4.90 Å². The van der Waals surface area contributed by atoms with E-state index in [-0.39, 0.29) is 30.6 Å². The summed E-state index contributed by atoms with van der Waals surface area (Å²) in [4.78, 5) is 52.6. The second kappa shape index (κ2) is 13.2. The molecule has 1 aliphatic heterocycles. The largest absolute Gasteiger partial charge is 0.480 e. The number of carboxylic acid groups (broad SMARTS) is 1. The Kier molecular flexibility index (Phi) is 10.7. The molecule has 1 aromatic carbocycles. The van der Waals surface area contributed by atoms with Crippen molar-refractivity contribution < 1.29 is 24.3 Å². The van der Waals surface area contributed by atoms with E-state index in [2.05, 4.69) is 10.6 Å². The standard InChI is InChI=1S/C26H40N4O5/c1-5-17(4)22(27)25(33)30-13-9-12-21(30)24(32)28-19(15-18-10-7-6-8-11-18)23(31)29-20(26(34)35)14-16(2)3/h6-8,10-11,16-17,19-22H,5,9,12-15,27H2,1-4H3,(H,28,32)(H,29,31)(H,34,35). The van der Waals surface area contributed by atoms with Gasteiger partial charge in [0.25, 0.3) is 0 Å². The number of carboxylic acids is 1. The van der Waals surface area contributed by atoms with Crippen LogP contribution in [0, 0.1) is 11.8 Å². The van der Waals surface area contributed by atoms with Crippen LogP contribution in [0.15, 0.2) is 30.3 Å². The van der Waals surface area contributed by atoms with E-state index in [0.717, 1.165) is 12.0 Å². The van der Waals surface area contributed by atoms with Crippen LogP contribution in [-0.2, 0) is 25.6 Å². The molecular weight excluding hydrogens is 448 g/mol. The molecule has 1 aromatic rings. The summed E-state index contributed by atoms with van der Waals surface area (Å²) < 4.78 is 0. The number of amides is 3. The average molecular weight is 489 g/mol. The highest BCUT2D eigenvalue weighted by molar-refractivity contribution is 5.94. The highest BCUT2D eigenvalue weighted by Gasteiger charge is 2.38. The fourth-order valence-corrected chi connectivity index (χ4v) is 4.28. The zero-order valence-corrected chi connectivity index (χ0v) is 21.2. The first-order valence-electron chi connectivity index (χ1n) is 12.5. The van der Waals surface area contributed by atoms with Gasteiger partial charge >= 0.3 is 5.97 Å². The van der Waals surface area contributed by atoms with E-state index in [4.69, 9.17) is 5.73 Å². The number of nitrogens with zero attached hydrogens (tertiary/aromatic N) is 1.